The van der Waals surface area contributed by atoms with Crippen molar-refractivity contribution in [1.29, 1.82) is 0 Å². The van der Waals surface area contributed by atoms with Crippen LogP contribution >= 0.6 is 0 Å². The summed E-state index contributed by atoms with van der Waals surface area (Å²) in [6.07, 6.45) is 5.55. The number of nitrogens with zero attached hydrogens (tertiary/aromatic N) is 1. The van der Waals surface area contributed by atoms with Gasteiger partial charge in [-0.15, -0.1) is 0 Å². The van der Waals surface area contributed by atoms with Gasteiger partial charge in [0.05, 0.1) is 18.6 Å². The molecule has 0 saturated carbocycles. The van der Waals surface area contributed by atoms with Crippen LogP contribution in [-0.4, -0.2) is 30.4 Å². The molecule has 0 aliphatic carbocycles. The molecular weight excluding hydrogens is 228 g/mol. The Hall–Kier alpha value is -1.29. The number of likely N-dealkylation sites (N-methyl/N-ethyl adjacent to an activating group) is 1. The number of rotatable bonds is 3. The molecule has 4 heteroatoms. The minimum Gasteiger partial charge on any atom is -0.472 e. The molecule has 1 amide bonds. The highest BCUT2D eigenvalue weighted by Crippen LogP contribution is 2.31. The Morgan fingerprint density at radius 3 is 3.00 bits per heavy atom. The third-order valence-corrected chi connectivity index (χ3v) is 3.75. The van der Waals surface area contributed by atoms with Crippen molar-refractivity contribution in [1.82, 2.24) is 10.2 Å². The van der Waals surface area contributed by atoms with Crippen LogP contribution < -0.4 is 5.32 Å². The van der Waals surface area contributed by atoms with Crippen molar-refractivity contribution >= 4 is 5.91 Å². The van der Waals surface area contributed by atoms with Crippen molar-refractivity contribution in [3.05, 3.63) is 24.2 Å². The fourth-order valence-electron chi connectivity index (χ4n) is 2.59. The Morgan fingerprint density at radius 1 is 1.61 bits per heavy atom. The van der Waals surface area contributed by atoms with Crippen LogP contribution in [0, 0.1) is 5.41 Å². The smallest absolute Gasteiger partial charge is 0.240 e. The van der Waals surface area contributed by atoms with E-state index in [2.05, 4.69) is 19.2 Å². The van der Waals surface area contributed by atoms with Crippen molar-refractivity contribution in [2.75, 3.05) is 13.6 Å². The van der Waals surface area contributed by atoms with E-state index in [4.69, 9.17) is 4.42 Å². The molecular formula is C14H22N2O2. The summed E-state index contributed by atoms with van der Waals surface area (Å²) in [6.45, 7) is 5.85. The summed E-state index contributed by atoms with van der Waals surface area (Å²) in [5.74, 6) is 0.168. The second-order valence-electron chi connectivity index (χ2n) is 5.81. The molecule has 1 fully saturated rings. The largest absolute Gasteiger partial charge is 0.472 e. The van der Waals surface area contributed by atoms with Gasteiger partial charge in [0.15, 0.2) is 0 Å². The number of carbonyl (C=O) groups is 1. The topological polar surface area (TPSA) is 45.5 Å². The maximum absolute atomic E-state index is 12.5. The minimum atomic E-state index is -0.0804. The summed E-state index contributed by atoms with van der Waals surface area (Å²) in [5, 5.41) is 3.36. The summed E-state index contributed by atoms with van der Waals surface area (Å²) in [7, 11) is 1.85. The molecule has 1 N–H and O–H groups in total. The molecule has 4 nitrogen and oxygen atoms in total. The van der Waals surface area contributed by atoms with Crippen molar-refractivity contribution in [2.24, 2.45) is 5.41 Å². The Morgan fingerprint density at radius 2 is 2.39 bits per heavy atom. The van der Waals surface area contributed by atoms with Crippen LogP contribution in [0.2, 0.25) is 0 Å². The molecule has 0 aromatic carbocycles. The molecule has 1 aromatic heterocycles. The highest BCUT2D eigenvalue weighted by molar-refractivity contribution is 5.82. The Labute approximate surface area is 108 Å². The van der Waals surface area contributed by atoms with E-state index in [0.717, 1.165) is 24.9 Å². The second kappa shape index (κ2) is 5.14. The molecule has 2 heterocycles. The Bertz CT molecular complexity index is 398. The normalized spacial score (nSPS) is 22.7. The summed E-state index contributed by atoms with van der Waals surface area (Å²) >= 11 is 0. The van der Waals surface area contributed by atoms with Crippen LogP contribution in [0.4, 0.5) is 0 Å². The molecule has 1 aliphatic rings. The first-order valence-electron chi connectivity index (χ1n) is 6.50. The van der Waals surface area contributed by atoms with Crippen molar-refractivity contribution in [3.63, 3.8) is 0 Å². The van der Waals surface area contributed by atoms with E-state index in [1.165, 1.54) is 0 Å². The predicted octanol–water partition coefficient (Wildman–Crippen LogP) is 2.02. The molecule has 2 rings (SSSR count). The van der Waals surface area contributed by atoms with Gasteiger partial charge >= 0.3 is 0 Å². The Kier molecular flexibility index (Phi) is 3.76. The molecule has 1 saturated heterocycles. The molecule has 1 aliphatic heterocycles. The third-order valence-electron chi connectivity index (χ3n) is 3.75. The monoisotopic (exact) mass is 250 g/mol. The lowest BCUT2D eigenvalue weighted by Gasteiger charge is -2.40. The lowest BCUT2D eigenvalue weighted by Crippen LogP contribution is -2.55. The average molecular weight is 250 g/mol. The van der Waals surface area contributed by atoms with Crippen LogP contribution in [0.15, 0.2) is 23.0 Å². The SMILES string of the molecule is CN(Cc1ccoc1)C(=O)C1NCCCC1(C)C. The fourth-order valence-corrected chi connectivity index (χ4v) is 2.59. The van der Waals surface area contributed by atoms with Crippen molar-refractivity contribution in [2.45, 2.75) is 39.3 Å². The van der Waals surface area contributed by atoms with Crippen molar-refractivity contribution < 1.29 is 9.21 Å². The van der Waals surface area contributed by atoms with Crippen LogP contribution in [-0.2, 0) is 11.3 Å². The second-order valence-corrected chi connectivity index (χ2v) is 5.81. The predicted molar refractivity (Wildman–Crippen MR) is 70.0 cm³/mol. The fraction of sp³-hybridized carbons (Fsp3) is 0.643. The molecule has 0 bridgehead atoms. The van der Waals surface area contributed by atoms with Gasteiger partial charge in [-0.2, -0.15) is 0 Å². The molecule has 18 heavy (non-hydrogen) atoms. The lowest BCUT2D eigenvalue weighted by molar-refractivity contribution is -0.136. The number of furan rings is 1. The van der Waals surface area contributed by atoms with E-state index in [9.17, 15) is 4.79 Å². The van der Waals surface area contributed by atoms with E-state index >= 15 is 0 Å². The van der Waals surface area contributed by atoms with Crippen molar-refractivity contribution in [3.8, 4) is 0 Å². The zero-order chi connectivity index (χ0) is 13.2. The first-order valence-corrected chi connectivity index (χ1v) is 6.50. The van der Waals surface area contributed by atoms with Gasteiger partial charge in [-0.25, -0.2) is 0 Å². The quantitative estimate of drug-likeness (QED) is 0.892. The number of piperidine rings is 1. The highest BCUT2D eigenvalue weighted by atomic mass is 16.3. The van der Waals surface area contributed by atoms with Gasteiger partial charge in [0.25, 0.3) is 0 Å². The highest BCUT2D eigenvalue weighted by Gasteiger charge is 2.38. The molecule has 1 aromatic rings. The Balaban J connectivity index is 2.01. The molecule has 0 spiro atoms. The zero-order valence-electron chi connectivity index (χ0n) is 11.4. The molecule has 0 radical (unpaired) electrons. The average Bonchev–Trinajstić information content (AvgIpc) is 2.80. The molecule has 1 atom stereocenters. The standard InChI is InChI=1S/C14H22N2O2/c1-14(2)6-4-7-15-12(14)13(17)16(3)9-11-5-8-18-10-11/h5,8,10,12,15H,4,6-7,9H2,1-3H3. The number of nitrogens with one attached hydrogen (secondary N) is 1. The van der Waals surface area contributed by atoms with Crippen LogP contribution in [0.1, 0.15) is 32.3 Å². The van der Waals surface area contributed by atoms with Gasteiger partial charge < -0.3 is 14.6 Å². The van der Waals surface area contributed by atoms with Gasteiger partial charge in [-0.1, -0.05) is 13.8 Å². The van der Waals surface area contributed by atoms with Crippen LogP contribution in [0.5, 0.6) is 0 Å². The van der Waals surface area contributed by atoms with Gasteiger partial charge in [-0.05, 0) is 30.9 Å². The minimum absolute atomic E-state index is 0.0278. The van der Waals surface area contributed by atoms with Gasteiger partial charge in [0.2, 0.25) is 5.91 Å². The van der Waals surface area contributed by atoms with E-state index in [0.29, 0.717) is 6.54 Å². The number of carbonyl (C=O) groups excluding carboxylic acids is 1. The zero-order valence-corrected chi connectivity index (χ0v) is 11.4. The third kappa shape index (κ3) is 2.75. The number of hydrogen-bond acceptors (Lipinski definition) is 3. The van der Waals surface area contributed by atoms with Gasteiger partial charge in [0.1, 0.15) is 0 Å². The number of amides is 1. The van der Waals surface area contributed by atoms with E-state index in [1.54, 1.807) is 17.4 Å². The molecule has 100 valence electrons. The van der Waals surface area contributed by atoms with E-state index in [1.807, 2.05) is 13.1 Å². The first-order chi connectivity index (χ1) is 8.50. The molecule has 1 unspecified atom stereocenters. The van der Waals surface area contributed by atoms with Gasteiger partial charge in [-0.3, -0.25) is 4.79 Å². The number of hydrogen-bond donors (Lipinski definition) is 1. The summed E-state index contributed by atoms with van der Waals surface area (Å²) < 4.78 is 5.03. The van der Waals surface area contributed by atoms with Crippen LogP contribution in [0.25, 0.3) is 0 Å². The summed E-state index contributed by atoms with van der Waals surface area (Å²) in [6, 6.07) is 1.81. The van der Waals surface area contributed by atoms with Crippen LogP contribution in [0.3, 0.4) is 0 Å². The first kappa shape index (κ1) is 13.1. The maximum Gasteiger partial charge on any atom is 0.240 e. The van der Waals surface area contributed by atoms with E-state index < -0.39 is 0 Å². The van der Waals surface area contributed by atoms with Gasteiger partial charge in [0, 0.05) is 19.2 Å². The van der Waals surface area contributed by atoms with E-state index in [-0.39, 0.29) is 17.4 Å². The lowest BCUT2D eigenvalue weighted by atomic mass is 9.77. The maximum atomic E-state index is 12.5. The summed E-state index contributed by atoms with van der Waals surface area (Å²) in [5.41, 5.74) is 1.06. The summed E-state index contributed by atoms with van der Waals surface area (Å²) in [4.78, 5) is 14.2.